The van der Waals surface area contributed by atoms with Crippen molar-refractivity contribution in [1.29, 1.82) is 0 Å². The maximum Gasteiger partial charge on any atom is 0.184 e. The second-order valence-electron chi connectivity index (χ2n) is 18.4. The molecule has 282 valence electrons. The van der Waals surface area contributed by atoms with Crippen molar-refractivity contribution in [3.63, 3.8) is 0 Å². The van der Waals surface area contributed by atoms with Crippen LogP contribution in [-0.4, -0.2) is 66.9 Å². The molecule has 2 saturated heterocycles. The second kappa shape index (κ2) is 14.7. The molecule has 1 unspecified atom stereocenters. The van der Waals surface area contributed by atoms with Gasteiger partial charge in [-0.15, -0.1) is 0 Å². The third-order valence-corrected chi connectivity index (χ3v) is 10.0. The number of aliphatic imine (C=N–C) groups is 2. The second-order valence-corrected chi connectivity index (χ2v) is 18.4. The molecule has 3 aromatic rings. The molecule has 8 nitrogen and oxygen atoms in total. The van der Waals surface area contributed by atoms with Crippen molar-refractivity contribution in [2.75, 3.05) is 13.7 Å². The molecule has 2 aliphatic rings. The zero-order chi connectivity index (χ0) is 38.4. The molecule has 0 amide bonds. The Hall–Kier alpha value is -3.56. The van der Waals surface area contributed by atoms with E-state index in [4.69, 9.17) is 28.9 Å². The minimum Gasteiger partial charge on any atom is -0.507 e. The number of methoxy groups -OCH3 is 1. The van der Waals surface area contributed by atoms with Crippen LogP contribution >= 0.6 is 0 Å². The standard InChI is InChI=1S/C44H60N2O6/c1-41(2,3)29-19-27(36(47)31(21-29)43(7,8)9)23-45-34-35(46-24-28-20-30(42(4,5)6)22-32(37(28)48)44(10,11)12)40(49-13)51-33-25-50-39(52-38(33)34)26-17-15-14-16-18-26/h14-24,33-35,38-40,47-48H,25H2,1-13H3/t33-,34-,35+,38-,39?,40+/m1/s1. The Morgan fingerprint density at radius 1 is 0.654 bits per heavy atom. The van der Waals surface area contributed by atoms with Gasteiger partial charge >= 0.3 is 0 Å². The monoisotopic (exact) mass is 712 g/mol. The van der Waals surface area contributed by atoms with Crippen molar-refractivity contribution in [3.8, 4) is 11.5 Å². The van der Waals surface area contributed by atoms with Crippen LogP contribution < -0.4 is 0 Å². The number of ether oxygens (including phenoxy) is 4. The zero-order valence-corrected chi connectivity index (χ0v) is 33.4. The van der Waals surface area contributed by atoms with Gasteiger partial charge in [-0.05, 0) is 44.9 Å². The first kappa shape index (κ1) is 39.6. The van der Waals surface area contributed by atoms with E-state index >= 15 is 0 Å². The van der Waals surface area contributed by atoms with Crippen molar-refractivity contribution < 1.29 is 29.2 Å². The van der Waals surface area contributed by atoms with Crippen LogP contribution in [0.15, 0.2) is 64.6 Å². The highest BCUT2D eigenvalue weighted by Gasteiger charge is 2.50. The van der Waals surface area contributed by atoms with Crippen LogP contribution in [0.4, 0.5) is 0 Å². The van der Waals surface area contributed by atoms with Crippen molar-refractivity contribution in [2.24, 2.45) is 9.98 Å². The summed E-state index contributed by atoms with van der Waals surface area (Å²) in [7, 11) is 1.59. The predicted octanol–water partition coefficient (Wildman–Crippen LogP) is 9.05. The smallest absolute Gasteiger partial charge is 0.184 e. The molecular weight excluding hydrogens is 652 g/mol. The largest absolute Gasteiger partial charge is 0.507 e. The SMILES string of the molecule is CO[C@H]1O[C@@H]2COC(c3ccccc3)O[C@H]2[C@H](N=Cc2cc(C(C)(C)C)cc(C(C)(C)C)c2O)[C@@H]1N=Cc1cc(C(C)(C)C)cc(C(C)(C)C)c1O. The summed E-state index contributed by atoms with van der Waals surface area (Å²) in [5, 5.41) is 23.2. The van der Waals surface area contributed by atoms with Crippen LogP contribution in [0.2, 0.25) is 0 Å². The summed E-state index contributed by atoms with van der Waals surface area (Å²) in [5.74, 6) is 0.392. The third kappa shape index (κ3) is 8.62. The Kier molecular flexibility index (Phi) is 11.2. The molecule has 6 atom stereocenters. The van der Waals surface area contributed by atoms with E-state index in [1.807, 2.05) is 42.5 Å². The van der Waals surface area contributed by atoms with Crippen LogP contribution in [0.25, 0.3) is 0 Å². The summed E-state index contributed by atoms with van der Waals surface area (Å²) in [6.45, 7) is 25.8. The van der Waals surface area contributed by atoms with Gasteiger partial charge in [0.1, 0.15) is 35.8 Å². The molecule has 52 heavy (non-hydrogen) atoms. The van der Waals surface area contributed by atoms with Gasteiger partial charge in [0, 0.05) is 47.4 Å². The van der Waals surface area contributed by atoms with E-state index in [2.05, 4.69) is 95.2 Å². The highest BCUT2D eigenvalue weighted by molar-refractivity contribution is 5.86. The van der Waals surface area contributed by atoms with E-state index in [9.17, 15) is 10.2 Å². The molecule has 0 spiro atoms. The Morgan fingerprint density at radius 2 is 1.13 bits per heavy atom. The summed E-state index contributed by atoms with van der Waals surface area (Å²) in [6, 6.07) is 16.8. The average Bonchev–Trinajstić information content (AvgIpc) is 3.05. The van der Waals surface area contributed by atoms with Gasteiger partial charge in [0.05, 0.1) is 6.61 Å². The summed E-state index contributed by atoms with van der Waals surface area (Å²) >= 11 is 0. The lowest BCUT2D eigenvalue weighted by Gasteiger charge is -2.46. The van der Waals surface area contributed by atoms with Crippen molar-refractivity contribution in [2.45, 2.75) is 142 Å². The Balaban J connectivity index is 1.65. The highest BCUT2D eigenvalue weighted by Crippen LogP contribution is 2.41. The first-order valence-corrected chi connectivity index (χ1v) is 18.4. The van der Waals surface area contributed by atoms with E-state index in [0.717, 1.165) is 27.8 Å². The maximum atomic E-state index is 11.6. The minimum atomic E-state index is -0.783. The number of hydrogen-bond acceptors (Lipinski definition) is 8. The molecule has 5 rings (SSSR count). The Morgan fingerprint density at radius 3 is 1.58 bits per heavy atom. The number of benzene rings is 3. The number of fused-ring (bicyclic) bond motifs is 1. The molecule has 2 fully saturated rings. The van der Waals surface area contributed by atoms with Gasteiger partial charge in [0.25, 0.3) is 0 Å². The molecule has 8 heteroatoms. The van der Waals surface area contributed by atoms with Gasteiger partial charge < -0.3 is 29.2 Å². The number of nitrogens with zero attached hydrogens (tertiary/aromatic N) is 2. The molecule has 3 aromatic carbocycles. The molecule has 2 aliphatic heterocycles. The quantitative estimate of drug-likeness (QED) is 0.247. The maximum absolute atomic E-state index is 11.6. The van der Waals surface area contributed by atoms with Gasteiger partial charge in [-0.3, -0.25) is 9.98 Å². The first-order valence-electron chi connectivity index (χ1n) is 18.4. The lowest BCUT2D eigenvalue weighted by Crippen LogP contribution is -2.61. The van der Waals surface area contributed by atoms with E-state index in [1.54, 1.807) is 19.5 Å². The van der Waals surface area contributed by atoms with E-state index < -0.39 is 36.9 Å². The van der Waals surface area contributed by atoms with Gasteiger partial charge in [-0.25, -0.2) is 0 Å². The summed E-state index contributed by atoms with van der Waals surface area (Å²) in [5.41, 5.74) is 5.11. The number of rotatable bonds is 6. The fraction of sp³-hybridized carbons (Fsp3) is 0.545. The fourth-order valence-corrected chi connectivity index (χ4v) is 6.74. The van der Waals surface area contributed by atoms with E-state index in [0.29, 0.717) is 11.1 Å². The van der Waals surface area contributed by atoms with Crippen molar-refractivity contribution in [3.05, 3.63) is 93.5 Å². The summed E-state index contributed by atoms with van der Waals surface area (Å²) < 4.78 is 25.3. The number of hydrogen-bond donors (Lipinski definition) is 2. The van der Waals surface area contributed by atoms with Crippen LogP contribution in [0, 0.1) is 0 Å². The van der Waals surface area contributed by atoms with Crippen LogP contribution in [0.5, 0.6) is 11.5 Å². The molecule has 0 saturated carbocycles. The molecule has 2 N–H and O–H groups in total. The minimum absolute atomic E-state index is 0.156. The average molecular weight is 713 g/mol. The molecule has 0 bridgehead atoms. The Bertz CT molecular complexity index is 1770. The number of phenolic OH excluding ortho intramolecular Hbond substituents is 2. The number of aromatic hydroxyl groups is 2. The van der Waals surface area contributed by atoms with Crippen LogP contribution in [0.1, 0.15) is 128 Å². The first-order chi connectivity index (χ1) is 24.1. The Labute approximate surface area is 311 Å². The van der Waals surface area contributed by atoms with Gasteiger partial charge in [0.2, 0.25) is 0 Å². The summed E-state index contributed by atoms with van der Waals surface area (Å²) in [6.07, 6.45) is 1.01. The lowest BCUT2D eigenvalue weighted by molar-refractivity contribution is -0.320. The molecule has 0 aromatic heterocycles. The van der Waals surface area contributed by atoms with E-state index in [1.165, 1.54) is 0 Å². The molecular formula is C44H60N2O6. The predicted molar refractivity (Wildman–Crippen MR) is 209 cm³/mol. The number of phenols is 2. The molecule has 0 radical (unpaired) electrons. The van der Waals surface area contributed by atoms with Gasteiger partial charge in [-0.2, -0.15) is 0 Å². The van der Waals surface area contributed by atoms with Crippen LogP contribution in [0.3, 0.4) is 0 Å². The summed E-state index contributed by atoms with van der Waals surface area (Å²) in [4.78, 5) is 10.3. The van der Waals surface area contributed by atoms with Gasteiger partial charge in [-0.1, -0.05) is 126 Å². The zero-order valence-electron chi connectivity index (χ0n) is 33.4. The van der Waals surface area contributed by atoms with Crippen molar-refractivity contribution >= 4 is 12.4 Å². The normalized spacial score (nSPS) is 24.8. The third-order valence-electron chi connectivity index (χ3n) is 10.0. The topological polar surface area (TPSA) is 102 Å². The van der Waals surface area contributed by atoms with E-state index in [-0.39, 0.29) is 39.8 Å². The van der Waals surface area contributed by atoms with Crippen LogP contribution in [-0.2, 0) is 40.6 Å². The molecule has 0 aliphatic carbocycles. The lowest BCUT2D eigenvalue weighted by atomic mass is 9.79. The van der Waals surface area contributed by atoms with Gasteiger partial charge in [0.15, 0.2) is 12.6 Å². The van der Waals surface area contributed by atoms with Crippen molar-refractivity contribution in [1.82, 2.24) is 0 Å². The fourth-order valence-electron chi connectivity index (χ4n) is 6.74. The highest BCUT2D eigenvalue weighted by atomic mass is 16.7. The molecule has 2 heterocycles.